The van der Waals surface area contributed by atoms with Crippen molar-refractivity contribution in [2.75, 3.05) is 0 Å². The third-order valence-electron chi connectivity index (χ3n) is 3.97. The molecule has 0 unspecified atom stereocenters. The molecule has 4 rings (SSSR count). The number of benzene rings is 4. The molecule has 0 heterocycles. The zero-order valence-corrected chi connectivity index (χ0v) is 11.6. The van der Waals surface area contributed by atoms with E-state index in [1.54, 1.807) is 0 Å². The van der Waals surface area contributed by atoms with Crippen LogP contribution in [0.5, 0.6) is 0 Å². The molecule has 0 bridgehead atoms. The van der Waals surface area contributed by atoms with Gasteiger partial charge in [-0.15, -0.1) is 0 Å². The second kappa shape index (κ2) is 4.78. The van der Waals surface area contributed by atoms with E-state index >= 15 is 0 Å². The van der Waals surface area contributed by atoms with Gasteiger partial charge in [-0.25, -0.2) is 0 Å². The molecule has 0 spiro atoms. The summed E-state index contributed by atoms with van der Waals surface area (Å²) in [5.41, 5.74) is 3.30. The van der Waals surface area contributed by atoms with Crippen molar-refractivity contribution in [3.8, 4) is 11.1 Å². The van der Waals surface area contributed by atoms with Crippen LogP contribution in [-0.2, 0) is 0 Å². The molecule has 1 heteroatoms. The lowest BCUT2D eigenvalue weighted by molar-refractivity contribution is 1.65. The molecule has 2 radical (unpaired) electrons. The van der Waals surface area contributed by atoms with Gasteiger partial charge in [0.05, 0.1) is 0 Å². The predicted molar refractivity (Wildman–Crippen MR) is 92.3 cm³/mol. The van der Waals surface area contributed by atoms with Crippen LogP contribution in [-0.4, -0.2) is 7.85 Å². The Morgan fingerprint density at radius 3 is 1.95 bits per heavy atom. The van der Waals surface area contributed by atoms with E-state index in [9.17, 15) is 0 Å². The molecule has 21 heavy (non-hydrogen) atoms. The molecule has 0 N–H and O–H groups in total. The van der Waals surface area contributed by atoms with Crippen LogP contribution in [0.4, 0.5) is 0 Å². The number of hydrogen-bond donors (Lipinski definition) is 0. The van der Waals surface area contributed by atoms with Gasteiger partial charge >= 0.3 is 0 Å². The van der Waals surface area contributed by atoms with E-state index in [2.05, 4.69) is 60.7 Å². The number of hydrogen-bond acceptors (Lipinski definition) is 0. The highest BCUT2D eigenvalue weighted by atomic mass is 14.1. The van der Waals surface area contributed by atoms with E-state index < -0.39 is 0 Å². The molecule has 96 valence electrons. The molecule has 0 saturated heterocycles. The molecule has 0 atom stereocenters. The second-order valence-corrected chi connectivity index (χ2v) is 5.35. The fraction of sp³-hybridized carbons (Fsp3) is 0. The van der Waals surface area contributed by atoms with Gasteiger partial charge in [0.1, 0.15) is 7.85 Å². The lowest BCUT2D eigenvalue weighted by atomic mass is 9.91. The third kappa shape index (κ3) is 2.11. The fourth-order valence-electron chi connectivity index (χ4n) is 2.90. The van der Waals surface area contributed by atoms with Gasteiger partial charge in [-0.05, 0) is 38.7 Å². The maximum absolute atomic E-state index is 5.87. The van der Waals surface area contributed by atoms with Crippen LogP contribution in [0, 0.1) is 0 Å². The van der Waals surface area contributed by atoms with Crippen LogP contribution in [0.1, 0.15) is 0 Å². The fourth-order valence-corrected chi connectivity index (χ4v) is 2.90. The summed E-state index contributed by atoms with van der Waals surface area (Å²) in [5, 5.41) is 4.97. The van der Waals surface area contributed by atoms with Crippen molar-refractivity contribution >= 4 is 34.9 Å². The molecule has 0 aromatic heterocycles. The van der Waals surface area contributed by atoms with Gasteiger partial charge in [0.15, 0.2) is 0 Å². The summed E-state index contributed by atoms with van der Waals surface area (Å²) < 4.78 is 0. The van der Waals surface area contributed by atoms with Crippen molar-refractivity contribution in [2.45, 2.75) is 0 Å². The molecule has 4 aromatic rings. The monoisotopic (exact) mass is 264 g/mol. The Morgan fingerprint density at radius 1 is 0.524 bits per heavy atom. The summed E-state index contributed by atoms with van der Waals surface area (Å²) >= 11 is 0. The molecule has 0 fully saturated rings. The Labute approximate surface area is 125 Å². The number of fused-ring (bicyclic) bond motifs is 3. The smallest absolute Gasteiger partial charge is 0.0960 e. The van der Waals surface area contributed by atoms with Crippen LogP contribution in [0.3, 0.4) is 0 Å². The zero-order valence-electron chi connectivity index (χ0n) is 11.6. The minimum atomic E-state index is 0.808. The van der Waals surface area contributed by atoms with E-state index in [4.69, 9.17) is 7.85 Å². The standard InChI is InChI=1S/C20H13B/c21-18-9-11-20-17(13-18)7-6-16-12-15(8-10-19(16)20)14-4-2-1-3-5-14/h1-13H. The van der Waals surface area contributed by atoms with E-state index in [0.717, 1.165) is 5.46 Å². The van der Waals surface area contributed by atoms with Crippen molar-refractivity contribution in [1.29, 1.82) is 0 Å². The minimum absolute atomic E-state index is 0.808. The van der Waals surface area contributed by atoms with Crippen LogP contribution in [0.2, 0.25) is 0 Å². The largest absolute Gasteiger partial charge is 0.113 e. The minimum Gasteiger partial charge on any atom is -0.0960 e. The average Bonchev–Trinajstić information content (AvgIpc) is 2.54. The summed E-state index contributed by atoms with van der Waals surface area (Å²) in [6.07, 6.45) is 0. The van der Waals surface area contributed by atoms with E-state index in [1.165, 1.54) is 32.7 Å². The molecule has 0 aliphatic heterocycles. The van der Waals surface area contributed by atoms with E-state index in [1.807, 2.05) is 18.2 Å². The van der Waals surface area contributed by atoms with Crippen LogP contribution >= 0.6 is 0 Å². The summed E-state index contributed by atoms with van der Waals surface area (Å²) in [6.45, 7) is 0. The van der Waals surface area contributed by atoms with Gasteiger partial charge in [-0.3, -0.25) is 0 Å². The first-order valence-electron chi connectivity index (χ1n) is 7.09. The first kappa shape index (κ1) is 12.2. The second-order valence-electron chi connectivity index (χ2n) is 5.35. The van der Waals surface area contributed by atoms with Crippen LogP contribution in [0.15, 0.2) is 78.9 Å². The molecular weight excluding hydrogens is 251 g/mol. The molecule has 0 nitrogen and oxygen atoms in total. The highest BCUT2D eigenvalue weighted by Gasteiger charge is 2.03. The van der Waals surface area contributed by atoms with Crippen LogP contribution < -0.4 is 5.46 Å². The summed E-state index contributed by atoms with van der Waals surface area (Å²) in [5.74, 6) is 0. The molecular formula is C20H13B. The highest BCUT2D eigenvalue weighted by molar-refractivity contribution is 6.33. The molecule has 4 aromatic carbocycles. The quantitative estimate of drug-likeness (QED) is 0.352. The van der Waals surface area contributed by atoms with Crippen LogP contribution in [0.25, 0.3) is 32.7 Å². The maximum atomic E-state index is 5.87. The van der Waals surface area contributed by atoms with Gasteiger partial charge in [0.2, 0.25) is 0 Å². The van der Waals surface area contributed by atoms with E-state index in [0.29, 0.717) is 0 Å². The summed E-state index contributed by atoms with van der Waals surface area (Å²) in [4.78, 5) is 0. The zero-order chi connectivity index (χ0) is 14.2. The van der Waals surface area contributed by atoms with Crippen molar-refractivity contribution in [3.05, 3.63) is 78.9 Å². The molecule has 0 amide bonds. The SMILES string of the molecule is [B]c1ccc2c(ccc3cc(-c4ccccc4)ccc32)c1. The van der Waals surface area contributed by atoms with Crippen molar-refractivity contribution < 1.29 is 0 Å². The van der Waals surface area contributed by atoms with Crippen molar-refractivity contribution in [3.63, 3.8) is 0 Å². The Morgan fingerprint density at radius 2 is 1.19 bits per heavy atom. The first-order chi connectivity index (χ1) is 10.3. The van der Waals surface area contributed by atoms with E-state index in [-0.39, 0.29) is 0 Å². The lowest BCUT2D eigenvalue weighted by Crippen LogP contribution is -1.99. The van der Waals surface area contributed by atoms with Gasteiger partial charge in [0, 0.05) is 0 Å². The Bertz CT molecular complexity index is 940. The lowest BCUT2D eigenvalue weighted by Gasteiger charge is -2.08. The summed E-state index contributed by atoms with van der Waals surface area (Å²) in [6, 6.07) is 27.5. The predicted octanol–water partition coefficient (Wildman–Crippen LogP) is 4.45. The number of rotatable bonds is 1. The van der Waals surface area contributed by atoms with Crippen molar-refractivity contribution in [1.82, 2.24) is 0 Å². The topological polar surface area (TPSA) is 0 Å². The maximum Gasteiger partial charge on any atom is 0.113 e. The van der Waals surface area contributed by atoms with Gasteiger partial charge in [-0.1, -0.05) is 78.3 Å². The average molecular weight is 264 g/mol. The first-order valence-corrected chi connectivity index (χ1v) is 7.09. The van der Waals surface area contributed by atoms with Gasteiger partial charge < -0.3 is 0 Å². The third-order valence-corrected chi connectivity index (χ3v) is 3.97. The Balaban J connectivity index is 1.97. The van der Waals surface area contributed by atoms with Gasteiger partial charge in [0.25, 0.3) is 0 Å². The molecule has 0 saturated carbocycles. The Hall–Kier alpha value is -2.54. The molecule has 0 aliphatic rings. The van der Waals surface area contributed by atoms with Crippen molar-refractivity contribution in [2.24, 2.45) is 0 Å². The Kier molecular flexibility index (Phi) is 2.78. The normalized spacial score (nSPS) is 11.0. The summed E-state index contributed by atoms with van der Waals surface area (Å²) in [7, 11) is 5.87. The van der Waals surface area contributed by atoms with Gasteiger partial charge in [-0.2, -0.15) is 0 Å². The molecule has 0 aliphatic carbocycles. The highest BCUT2D eigenvalue weighted by Crippen LogP contribution is 2.29.